The Labute approximate surface area is 263 Å². The average molecular weight is 732 g/mol. The van der Waals surface area contributed by atoms with Gasteiger partial charge in [0, 0.05) is 7.57 Å². The molecule has 3 heteroatoms. The number of benzene rings is 4. The standard InChI is InChI=1S/C20H16.C18H24NSi.Ir/c1-16(17-9-4-2-5-10-17)19-13-8-14-20(15-19)18-11-6-3-7-12-18;1-14(2)11-16-12-17(15-9-7-6-8-10-15)19-13-18(16)20(3,4)5;/h2-11,13,15-16H,1H3;6-9,12-14H,11H2,1-5H3;/q-2;-1;+3/i16D;;. The maximum Gasteiger partial charge on any atom is 3.00 e. The topological polar surface area (TPSA) is 12.9 Å². The Morgan fingerprint density at radius 1 is 0.707 bits per heavy atom. The van der Waals surface area contributed by atoms with Crippen LogP contribution in [0.3, 0.4) is 0 Å². The van der Waals surface area contributed by atoms with E-state index in [0.29, 0.717) is 5.92 Å². The Kier molecular flexibility index (Phi) is 11.4. The number of aromatic nitrogens is 1. The molecule has 0 saturated carbocycles. The molecule has 0 amide bonds. The summed E-state index contributed by atoms with van der Waals surface area (Å²) in [5.74, 6) is -0.111. The zero-order chi connectivity index (χ0) is 29.5. The van der Waals surface area contributed by atoms with E-state index in [1.54, 1.807) is 0 Å². The van der Waals surface area contributed by atoms with Crippen LogP contribution < -0.4 is 5.19 Å². The van der Waals surface area contributed by atoms with E-state index in [0.717, 1.165) is 39.9 Å². The van der Waals surface area contributed by atoms with Gasteiger partial charge in [0.15, 0.2) is 0 Å². The molecule has 0 radical (unpaired) electrons. The van der Waals surface area contributed by atoms with Crippen molar-refractivity contribution in [1.29, 1.82) is 0 Å². The summed E-state index contributed by atoms with van der Waals surface area (Å²) in [5, 5.41) is 1.49. The molecule has 0 aliphatic heterocycles. The van der Waals surface area contributed by atoms with Gasteiger partial charge in [-0.05, 0) is 34.7 Å². The second-order valence-electron chi connectivity index (χ2n) is 11.6. The van der Waals surface area contributed by atoms with Crippen LogP contribution in [-0.4, -0.2) is 13.1 Å². The van der Waals surface area contributed by atoms with Gasteiger partial charge in [0.25, 0.3) is 0 Å². The molecule has 0 saturated heterocycles. The number of rotatable bonds is 7. The summed E-state index contributed by atoms with van der Waals surface area (Å²) < 4.78 is 8.74. The molecule has 0 bridgehead atoms. The molecule has 4 aromatic carbocycles. The first-order chi connectivity index (χ1) is 19.6. The fraction of sp³-hybridized carbons (Fsp3) is 0.237. The van der Waals surface area contributed by atoms with E-state index in [1.165, 1.54) is 10.8 Å². The molecule has 1 aromatic heterocycles. The van der Waals surface area contributed by atoms with Crippen molar-refractivity contribution in [2.75, 3.05) is 0 Å². The Bertz CT molecular complexity index is 1530. The normalized spacial score (nSPS) is 12.8. The van der Waals surface area contributed by atoms with Crippen molar-refractivity contribution in [2.45, 2.75) is 52.7 Å². The van der Waals surface area contributed by atoms with E-state index in [4.69, 9.17) is 1.37 Å². The third-order valence-corrected chi connectivity index (χ3v) is 8.92. The second-order valence-corrected chi connectivity index (χ2v) is 16.6. The molecule has 0 spiro atoms. The van der Waals surface area contributed by atoms with E-state index in [1.807, 2.05) is 97.9 Å². The number of hydrogen-bond donors (Lipinski definition) is 0. The van der Waals surface area contributed by atoms with E-state index in [-0.39, 0.29) is 20.1 Å². The third-order valence-electron chi connectivity index (χ3n) is 6.85. The van der Waals surface area contributed by atoms with Crippen LogP contribution in [0.2, 0.25) is 19.6 Å². The molecule has 1 nitrogen and oxygen atoms in total. The Hall–Kier alpha value is -3.10. The minimum Gasteiger partial charge on any atom is -0.305 e. The summed E-state index contributed by atoms with van der Waals surface area (Å²) in [7, 11) is -1.34. The van der Waals surface area contributed by atoms with Crippen LogP contribution in [0.25, 0.3) is 22.4 Å². The van der Waals surface area contributed by atoms with Crippen molar-refractivity contribution < 1.29 is 21.5 Å². The largest absolute Gasteiger partial charge is 3.00 e. The minimum atomic E-state index is -1.34. The summed E-state index contributed by atoms with van der Waals surface area (Å²) in [6.07, 6.45) is 3.24. The van der Waals surface area contributed by atoms with E-state index in [9.17, 15) is 0 Å². The molecule has 210 valence electrons. The molecule has 0 aliphatic rings. The van der Waals surface area contributed by atoms with Gasteiger partial charge in [-0.3, -0.25) is 0 Å². The molecule has 1 atom stereocenters. The molecule has 1 heterocycles. The fourth-order valence-electron chi connectivity index (χ4n) is 4.75. The van der Waals surface area contributed by atoms with Crippen LogP contribution >= 0.6 is 0 Å². The third kappa shape index (κ3) is 9.20. The molecule has 1 unspecified atom stereocenters. The molecular formula is C38H40IrNSi. The van der Waals surface area contributed by atoms with Crippen molar-refractivity contribution in [3.05, 3.63) is 144 Å². The molecule has 0 fully saturated rings. The summed E-state index contributed by atoms with van der Waals surface area (Å²) in [5.41, 5.74) is 7.52. The Morgan fingerprint density at radius 3 is 1.90 bits per heavy atom. The zero-order valence-electron chi connectivity index (χ0n) is 26.0. The van der Waals surface area contributed by atoms with Crippen LogP contribution in [0.5, 0.6) is 0 Å². The summed E-state index contributed by atoms with van der Waals surface area (Å²) in [6, 6.07) is 43.7. The predicted molar refractivity (Wildman–Crippen MR) is 174 cm³/mol. The van der Waals surface area contributed by atoms with Gasteiger partial charge in [-0.15, -0.1) is 53.6 Å². The first-order valence-electron chi connectivity index (χ1n) is 14.6. The number of hydrogen-bond acceptors (Lipinski definition) is 1. The van der Waals surface area contributed by atoms with Crippen LogP contribution in [0, 0.1) is 24.1 Å². The zero-order valence-corrected chi connectivity index (χ0v) is 28.4. The van der Waals surface area contributed by atoms with Gasteiger partial charge in [-0.1, -0.05) is 82.4 Å². The smallest absolute Gasteiger partial charge is 0.305 e. The van der Waals surface area contributed by atoms with Gasteiger partial charge >= 0.3 is 20.1 Å². The Balaban J connectivity index is 0.000000225. The molecule has 5 rings (SSSR count). The van der Waals surface area contributed by atoms with Crippen LogP contribution in [-0.2, 0) is 26.5 Å². The summed E-state index contributed by atoms with van der Waals surface area (Å²) in [4.78, 5) is 4.69. The number of pyridine rings is 1. The van der Waals surface area contributed by atoms with Crippen molar-refractivity contribution in [3.8, 4) is 22.4 Å². The first-order valence-corrected chi connectivity index (χ1v) is 17.6. The van der Waals surface area contributed by atoms with Gasteiger partial charge in [-0.25, -0.2) is 11.1 Å². The van der Waals surface area contributed by atoms with Gasteiger partial charge in [0.2, 0.25) is 0 Å². The maximum atomic E-state index is 8.74. The SMILES string of the molecule is CC(C)Cc1cc(-c2[c-]cccc2)ncc1[Si](C)(C)C.[2H]C(C)(c1ccccc1)c1cc[c-]c(-c2[c-]cccc2)c1.[Ir+3]. The average Bonchev–Trinajstić information content (AvgIpc) is 2.98. The van der Waals surface area contributed by atoms with Gasteiger partial charge in [0.1, 0.15) is 0 Å². The molecule has 5 aromatic rings. The van der Waals surface area contributed by atoms with Gasteiger partial charge < -0.3 is 4.98 Å². The van der Waals surface area contributed by atoms with E-state index < -0.39 is 14.0 Å². The predicted octanol–water partition coefficient (Wildman–Crippen LogP) is 9.40. The summed E-state index contributed by atoms with van der Waals surface area (Å²) in [6.45, 7) is 13.7. The van der Waals surface area contributed by atoms with Crippen molar-refractivity contribution in [3.63, 3.8) is 0 Å². The quantitative estimate of drug-likeness (QED) is 0.120. The van der Waals surface area contributed by atoms with Crippen LogP contribution in [0.15, 0.2) is 109 Å². The van der Waals surface area contributed by atoms with Crippen molar-refractivity contribution in [2.24, 2.45) is 5.92 Å². The molecular weight excluding hydrogens is 691 g/mol. The fourth-order valence-corrected chi connectivity index (χ4v) is 6.34. The maximum absolute atomic E-state index is 8.74. The minimum absolute atomic E-state index is 0. The van der Waals surface area contributed by atoms with E-state index in [2.05, 4.69) is 75.0 Å². The molecule has 41 heavy (non-hydrogen) atoms. The second kappa shape index (κ2) is 15.2. The molecule has 0 N–H and O–H groups in total. The van der Waals surface area contributed by atoms with Crippen LogP contribution in [0.1, 0.15) is 44.7 Å². The monoisotopic (exact) mass is 732 g/mol. The Morgan fingerprint density at radius 2 is 1.32 bits per heavy atom. The van der Waals surface area contributed by atoms with Crippen LogP contribution in [0.4, 0.5) is 0 Å². The van der Waals surface area contributed by atoms with Gasteiger partial charge in [0.05, 0.1) is 8.07 Å². The summed E-state index contributed by atoms with van der Waals surface area (Å²) >= 11 is 0. The van der Waals surface area contributed by atoms with Crippen molar-refractivity contribution in [1.82, 2.24) is 4.98 Å². The molecule has 0 aliphatic carbocycles. The number of nitrogens with zero attached hydrogens (tertiary/aromatic N) is 1. The van der Waals surface area contributed by atoms with Gasteiger partial charge in [-0.2, -0.15) is 42.5 Å². The first kappa shape index (κ1) is 30.8. The van der Waals surface area contributed by atoms with Crippen molar-refractivity contribution >= 4 is 13.3 Å². The van der Waals surface area contributed by atoms with E-state index >= 15 is 0 Å².